The molecule has 2 aromatic carbocycles. The summed E-state index contributed by atoms with van der Waals surface area (Å²) >= 11 is 5.96. The van der Waals surface area contributed by atoms with Gasteiger partial charge in [0.1, 0.15) is 12.4 Å². The van der Waals surface area contributed by atoms with Crippen molar-refractivity contribution < 1.29 is 23.8 Å². The van der Waals surface area contributed by atoms with Crippen molar-refractivity contribution in [3.8, 4) is 11.1 Å². The summed E-state index contributed by atoms with van der Waals surface area (Å²) in [4.78, 5) is 25.2. The van der Waals surface area contributed by atoms with Gasteiger partial charge in [-0.1, -0.05) is 42.4 Å². The van der Waals surface area contributed by atoms with Crippen molar-refractivity contribution in [2.24, 2.45) is 5.41 Å². The Morgan fingerprint density at radius 1 is 1.38 bits per heavy atom. The van der Waals surface area contributed by atoms with Crippen molar-refractivity contribution in [2.45, 2.75) is 25.8 Å². The SMILES string of the molecule is C=COCC1(C)CC(Cc2ccc(-c3cc(Cl)ccc3F)cc2)N(C(=O)O)C1=O. The van der Waals surface area contributed by atoms with Gasteiger partial charge in [0, 0.05) is 16.6 Å². The summed E-state index contributed by atoms with van der Waals surface area (Å²) in [6, 6.07) is 11.0. The van der Waals surface area contributed by atoms with Crippen LogP contribution in [-0.2, 0) is 16.0 Å². The largest absolute Gasteiger partial charge is 0.501 e. The molecule has 0 saturated carbocycles. The molecule has 2 aromatic rings. The summed E-state index contributed by atoms with van der Waals surface area (Å²) < 4.78 is 19.2. The molecule has 2 amide bonds. The molecular weight excluding hydrogens is 397 g/mol. The first-order chi connectivity index (χ1) is 13.7. The maximum atomic E-state index is 14.1. The van der Waals surface area contributed by atoms with Gasteiger partial charge in [-0.15, -0.1) is 0 Å². The fourth-order valence-corrected chi connectivity index (χ4v) is 3.91. The first-order valence-electron chi connectivity index (χ1n) is 9.08. The highest BCUT2D eigenvalue weighted by molar-refractivity contribution is 6.30. The number of ether oxygens (including phenoxy) is 1. The van der Waals surface area contributed by atoms with Crippen LogP contribution in [0.5, 0.6) is 0 Å². The second-order valence-corrected chi connectivity index (χ2v) is 7.82. The van der Waals surface area contributed by atoms with E-state index in [1.54, 1.807) is 37.3 Å². The summed E-state index contributed by atoms with van der Waals surface area (Å²) in [5.74, 6) is -0.854. The van der Waals surface area contributed by atoms with E-state index >= 15 is 0 Å². The number of imide groups is 1. The van der Waals surface area contributed by atoms with E-state index in [1.165, 1.54) is 18.4 Å². The number of hydrogen-bond acceptors (Lipinski definition) is 3. The summed E-state index contributed by atoms with van der Waals surface area (Å²) in [6.07, 6.45) is 0.668. The molecule has 0 aromatic heterocycles. The molecular formula is C22H21ClFNO4. The zero-order valence-electron chi connectivity index (χ0n) is 15.9. The van der Waals surface area contributed by atoms with E-state index in [1.807, 2.05) is 0 Å². The minimum absolute atomic E-state index is 0.0720. The Balaban J connectivity index is 1.81. The van der Waals surface area contributed by atoms with Crippen molar-refractivity contribution >= 4 is 23.6 Å². The highest BCUT2D eigenvalue weighted by Crippen LogP contribution is 2.38. The molecule has 0 bridgehead atoms. The van der Waals surface area contributed by atoms with Gasteiger partial charge in [-0.3, -0.25) is 4.79 Å². The molecule has 29 heavy (non-hydrogen) atoms. The van der Waals surface area contributed by atoms with E-state index in [0.717, 1.165) is 10.5 Å². The third-order valence-corrected chi connectivity index (χ3v) is 5.41. The molecule has 1 aliphatic heterocycles. The molecule has 5 nitrogen and oxygen atoms in total. The summed E-state index contributed by atoms with van der Waals surface area (Å²) in [5.41, 5.74) is 0.965. The number of nitrogens with zero attached hydrogens (tertiary/aromatic N) is 1. The molecule has 152 valence electrons. The van der Waals surface area contributed by atoms with E-state index in [4.69, 9.17) is 16.3 Å². The van der Waals surface area contributed by atoms with Crippen molar-refractivity contribution in [3.63, 3.8) is 0 Å². The zero-order valence-corrected chi connectivity index (χ0v) is 16.7. The second kappa shape index (κ2) is 8.25. The minimum atomic E-state index is -1.28. The first-order valence-corrected chi connectivity index (χ1v) is 9.46. The molecule has 0 radical (unpaired) electrons. The lowest BCUT2D eigenvalue weighted by molar-refractivity contribution is -0.135. The van der Waals surface area contributed by atoms with Gasteiger partial charge < -0.3 is 9.84 Å². The monoisotopic (exact) mass is 417 g/mol. The van der Waals surface area contributed by atoms with Crippen molar-refractivity contribution in [1.82, 2.24) is 4.90 Å². The van der Waals surface area contributed by atoms with Crippen LogP contribution < -0.4 is 0 Å². The number of rotatable bonds is 6. The fraction of sp³-hybridized carbons (Fsp3) is 0.273. The fourth-order valence-electron chi connectivity index (χ4n) is 3.74. The predicted molar refractivity (Wildman–Crippen MR) is 108 cm³/mol. The van der Waals surface area contributed by atoms with Crippen LogP contribution in [-0.4, -0.2) is 34.7 Å². The van der Waals surface area contributed by atoms with Gasteiger partial charge >= 0.3 is 6.09 Å². The molecule has 7 heteroatoms. The third-order valence-electron chi connectivity index (χ3n) is 5.18. The van der Waals surface area contributed by atoms with Gasteiger partial charge in [-0.2, -0.15) is 0 Å². The van der Waals surface area contributed by atoms with Crippen LogP contribution in [0.2, 0.25) is 5.02 Å². The molecule has 0 aliphatic carbocycles. The lowest BCUT2D eigenvalue weighted by atomic mass is 9.86. The van der Waals surface area contributed by atoms with Crippen LogP contribution in [0.15, 0.2) is 55.3 Å². The number of halogens is 2. The average molecular weight is 418 g/mol. The quantitative estimate of drug-likeness (QED) is 0.661. The number of benzene rings is 2. The highest BCUT2D eigenvalue weighted by atomic mass is 35.5. The van der Waals surface area contributed by atoms with Gasteiger partial charge in [-0.25, -0.2) is 14.1 Å². The van der Waals surface area contributed by atoms with Crippen LogP contribution in [0, 0.1) is 11.2 Å². The van der Waals surface area contributed by atoms with Crippen molar-refractivity contribution in [3.05, 3.63) is 71.7 Å². The number of carbonyl (C=O) groups is 2. The Morgan fingerprint density at radius 3 is 2.69 bits per heavy atom. The van der Waals surface area contributed by atoms with Gasteiger partial charge in [0.15, 0.2) is 0 Å². The molecule has 1 fully saturated rings. The van der Waals surface area contributed by atoms with Crippen molar-refractivity contribution in [1.29, 1.82) is 0 Å². The van der Waals surface area contributed by atoms with Gasteiger partial charge in [0.25, 0.3) is 0 Å². The lowest BCUT2D eigenvalue weighted by Crippen LogP contribution is -2.41. The summed E-state index contributed by atoms with van der Waals surface area (Å²) in [7, 11) is 0. The number of hydrogen-bond donors (Lipinski definition) is 1. The topological polar surface area (TPSA) is 66.8 Å². The Morgan fingerprint density at radius 2 is 2.07 bits per heavy atom. The smallest absolute Gasteiger partial charge is 0.414 e. The Hall–Kier alpha value is -2.86. The molecule has 1 heterocycles. The maximum absolute atomic E-state index is 14.1. The molecule has 0 spiro atoms. The lowest BCUT2D eigenvalue weighted by Gasteiger charge is -2.20. The van der Waals surface area contributed by atoms with Gasteiger partial charge in [0.2, 0.25) is 5.91 Å². The predicted octanol–water partition coefficient (Wildman–Crippen LogP) is 5.13. The molecule has 1 saturated heterocycles. The molecule has 1 aliphatic rings. The van der Waals surface area contributed by atoms with E-state index in [9.17, 15) is 19.1 Å². The van der Waals surface area contributed by atoms with Crippen molar-refractivity contribution in [2.75, 3.05) is 6.61 Å². The highest BCUT2D eigenvalue weighted by Gasteiger charge is 2.51. The zero-order chi connectivity index (χ0) is 21.2. The Bertz CT molecular complexity index is 946. The third kappa shape index (κ3) is 4.27. The van der Waals surface area contributed by atoms with Gasteiger partial charge in [-0.05, 0) is 49.1 Å². The normalized spacial score (nSPS) is 21.3. The van der Waals surface area contributed by atoms with Crippen LogP contribution >= 0.6 is 11.6 Å². The number of carboxylic acid groups (broad SMARTS) is 1. The maximum Gasteiger partial charge on any atom is 0.414 e. The second-order valence-electron chi connectivity index (χ2n) is 7.38. The summed E-state index contributed by atoms with van der Waals surface area (Å²) in [5, 5.41) is 9.97. The number of likely N-dealkylation sites (tertiary alicyclic amines) is 1. The molecule has 2 atom stereocenters. The molecule has 3 rings (SSSR count). The minimum Gasteiger partial charge on any atom is -0.501 e. The van der Waals surface area contributed by atoms with Gasteiger partial charge in [0.05, 0.1) is 11.7 Å². The van der Waals surface area contributed by atoms with E-state index < -0.39 is 23.5 Å². The van der Waals surface area contributed by atoms with E-state index in [2.05, 4.69) is 6.58 Å². The first kappa shape index (κ1) is 20.9. The standard InChI is InChI=1S/C22H21ClFNO4/c1-3-29-13-22(2)12-17(25(20(22)26)21(27)28)10-14-4-6-15(7-5-14)18-11-16(23)8-9-19(18)24/h3-9,11,17H,1,10,12-13H2,2H3,(H,27,28). The summed E-state index contributed by atoms with van der Waals surface area (Å²) in [6.45, 7) is 5.23. The number of carbonyl (C=O) groups excluding carboxylic acids is 1. The van der Waals surface area contributed by atoms with E-state index in [0.29, 0.717) is 29.0 Å². The number of amides is 2. The molecule has 2 unspecified atom stereocenters. The van der Waals surface area contributed by atoms with Crippen LogP contribution in [0.25, 0.3) is 11.1 Å². The van der Waals surface area contributed by atoms with E-state index in [-0.39, 0.29) is 12.4 Å². The Kier molecular flexibility index (Phi) is 5.94. The molecule has 1 N–H and O–H groups in total. The van der Waals surface area contributed by atoms with Crippen LogP contribution in [0.4, 0.5) is 9.18 Å². The Labute approximate surface area is 173 Å². The average Bonchev–Trinajstić information content (AvgIpc) is 2.93. The van der Waals surface area contributed by atoms with Crippen LogP contribution in [0.1, 0.15) is 18.9 Å². The van der Waals surface area contributed by atoms with Crippen LogP contribution in [0.3, 0.4) is 0 Å².